The van der Waals surface area contributed by atoms with Crippen molar-refractivity contribution in [3.05, 3.63) is 0 Å². The molecule has 1 aliphatic rings. The third-order valence-electron chi connectivity index (χ3n) is 3.12. The van der Waals surface area contributed by atoms with Crippen LogP contribution in [0.2, 0.25) is 0 Å². The highest BCUT2D eigenvalue weighted by atomic mass is 16.5. The number of hydrogen-bond acceptors (Lipinski definition) is 4. The predicted molar refractivity (Wildman–Crippen MR) is 70.4 cm³/mol. The van der Waals surface area contributed by atoms with Crippen molar-refractivity contribution in [3.8, 4) is 0 Å². The lowest BCUT2D eigenvalue weighted by Gasteiger charge is -2.15. The first-order chi connectivity index (χ1) is 8.22. The number of ether oxygens (including phenoxy) is 2. The van der Waals surface area contributed by atoms with Gasteiger partial charge in [-0.15, -0.1) is 0 Å². The highest BCUT2D eigenvalue weighted by Crippen LogP contribution is 2.10. The van der Waals surface area contributed by atoms with Gasteiger partial charge >= 0.3 is 0 Å². The maximum atomic E-state index is 5.48. The summed E-state index contributed by atoms with van der Waals surface area (Å²) in [5.74, 6) is 0. The van der Waals surface area contributed by atoms with Gasteiger partial charge in [-0.3, -0.25) is 4.90 Å². The van der Waals surface area contributed by atoms with Gasteiger partial charge in [0, 0.05) is 39.9 Å². The zero-order valence-electron chi connectivity index (χ0n) is 11.6. The van der Waals surface area contributed by atoms with Gasteiger partial charge in [-0.2, -0.15) is 0 Å². The molecule has 1 saturated heterocycles. The van der Waals surface area contributed by atoms with Gasteiger partial charge in [0.1, 0.15) is 0 Å². The summed E-state index contributed by atoms with van der Waals surface area (Å²) in [6.07, 6.45) is 3.08. The molecule has 0 bridgehead atoms. The van der Waals surface area contributed by atoms with Crippen LogP contribution < -0.4 is 5.32 Å². The zero-order chi connectivity index (χ0) is 12.5. The van der Waals surface area contributed by atoms with Crippen molar-refractivity contribution in [1.29, 1.82) is 0 Å². The second kappa shape index (κ2) is 8.86. The Morgan fingerprint density at radius 3 is 2.82 bits per heavy atom. The molecule has 1 unspecified atom stereocenters. The number of rotatable bonds is 9. The van der Waals surface area contributed by atoms with Crippen LogP contribution in [0.3, 0.4) is 0 Å². The van der Waals surface area contributed by atoms with Gasteiger partial charge in [0.2, 0.25) is 0 Å². The molecule has 0 aromatic rings. The SMILES string of the molecule is COC1CCN(CCNCCCOC(C)C)C1. The fraction of sp³-hybridized carbons (Fsp3) is 1.00. The summed E-state index contributed by atoms with van der Waals surface area (Å²) in [4.78, 5) is 2.46. The molecule has 102 valence electrons. The van der Waals surface area contributed by atoms with Gasteiger partial charge < -0.3 is 14.8 Å². The first-order valence-electron chi connectivity index (χ1n) is 6.80. The Labute approximate surface area is 106 Å². The number of hydrogen-bond donors (Lipinski definition) is 1. The highest BCUT2D eigenvalue weighted by Gasteiger charge is 2.20. The minimum absolute atomic E-state index is 0.352. The van der Waals surface area contributed by atoms with E-state index < -0.39 is 0 Å². The van der Waals surface area contributed by atoms with E-state index in [0.717, 1.165) is 39.2 Å². The van der Waals surface area contributed by atoms with Crippen LogP contribution >= 0.6 is 0 Å². The minimum atomic E-state index is 0.352. The lowest BCUT2D eigenvalue weighted by atomic mass is 10.3. The predicted octanol–water partition coefficient (Wildman–Crippen LogP) is 1.11. The quantitative estimate of drug-likeness (QED) is 0.616. The average molecular weight is 244 g/mol. The Bertz CT molecular complexity index is 188. The molecule has 0 aromatic heterocycles. The van der Waals surface area contributed by atoms with Crippen LogP contribution in [0.1, 0.15) is 26.7 Å². The molecule has 0 aromatic carbocycles. The zero-order valence-corrected chi connectivity index (χ0v) is 11.6. The average Bonchev–Trinajstić information content (AvgIpc) is 2.75. The van der Waals surface area contributed by atoms with E-state index in [0.29, 0.717) is 12.2 Å². The van der Waals surface area contributed by atoms with Gasteiger partial charge in [-0.05, 0) is 33.2 Å². The summed E-state index contributed by atoms with van der Waals surface area (Å²) in [6.45, 7) is 10.5. The number of nitrogens with zero attached hydrogens (tertiary/aromatic N) is 1. The van der Waals surface area contributed by atoms with Crippen molar-refractivity contribution >= 4 is 0 Å². The molecule has 1 atom stereocenters. The molecule has 1 N–H and O–H groups in total. The summed E-state index contributed by atoms with van der Waals surface area (Å²) in [7, 11) is 1.81. The van der Waals surface area contributed by atoms with Crippen LogP contribution in [0.25, 0.3) is 0 Å². The normalized spacial score (nSPS) is 21.5. The van der Waals surface area contributed by atoms with E-state index in [9.17, 15) is 0 Å². The standard InChI is InChI=1S/C13H28N2O2/c1-12(2)17-10-4-6-14-7-9-15-8-5-13(11-15)16-3/h12-14H,4-11H2,1-3H3. The molecule has 1 aliphatic heterocycles. The fourth-order valence-corrected chi connectivity index (χ4v) is 2.07. The van der Waals surface area contributed by atoms with E-state index in [1.807, 2.05) is 0 Å². The Hall–Kier alpha value is -0.160. The van der Waals surface area contributed by atoms with Gasteiger partial charge in [-0.1, -0.05) is 0 Å². The van der Waals surface area contributed by atoms with Crippen LogP contribution in [-0.2, 0) is 9.47 Å². The van der Waals surface area contributed by atoms with Crippen LogP contribution in [-0.4, -0.2) is 63.5 Å². The van der Waals surface area contributed by atoms with Crippen molar-refractivity contribution in [1.82, 2.24) is 10.2 Å². The number of nitrogens with one attached hydrogen (secondary N) is 1. The van der Waals surface area contributed by atoms with Crippen LogP contribution in [0, 0.1) is 0 Å². The molecule has 0 radical (unpaired) electrons. The molecule has 1 fully saturated rings. The molecule has 1 heterocycles. The smallest absolute Gasteiger partial charge is 0.0710 e. The highest BCUT2D eigenvalue weighted by molar-refractivity contribution is 4.75. The summed E-state index contributed by atoms with van der Waals surface area (Å²) in [6, 6.07) is 0. The van der Waals surface area contributed by atoms with Crippen molar-refractivity contribution in [3.63, 3.8) is 0 Å². The lowest BCUT2D eigenvalue weighted by molar-refractivity contribution is 0.0770. The maximum Gasteiger partial charge on any atom is 0.0710 e. The largest absolute Gasteiger partial charge is 0.380 e. The van der Waals surface area contributed by atoms with Gasteiger partial charge in [-0.25, -0.2) is 0 Å². The van der Waals surface area contributed by atoms with E-state index in [1.165, 1.54) is 13.0 Å². The van der Waals surface area contributed by atoms with Crippen LogP contribution in [0.4, 0.5) is 0 Å². The molecule has 0 spiro atoms. The van der Waals surface area contributed by atoms with Gasteiger partial charge in [0.15, 0.2) is 0 Å². The third-order valence-corrected chi connectivity index (χ3v) is 3.12. The molecule has 17 heavy (non-hydrogen) atoms. The van der Waals surface area contributed by atoms with Crippen molar-refractivity contribution in [2.45, 2.75) is 38.9 Å². The number of methoxy groups -OCH3 is 1. The van der Waals surface area contributed by atoms with E-state index >= 15 is 0 Å². The van der Waals surface area contributed by atoms with Crippen molar-refractivity contribution in [2.75, 3.05) is 46.4 Å². The molecular weight excluding hydrogens is 216 g/mol. The molecule has 4 heteroatoms. The van der Waals surface area contributed by atoms with Gasteiger partial charge in [0.05, 0.1) is 12.2 Å². The second-order valence-electron chi connectivity index (χ2n) is 4.97. The molecule has 0 amide bonds. The third kappa shape index (κ3) is 6.99. The number of likely N-dealkylation sites (tertiary alicyclic amines) is 1. The molecule has 0 aliphatic carbocycles. The Balaban J connectivity index is 1.85. The summed E-state index contributed by atoms with van der Waals surface area (Å²) in [5.41, 5.74) is 0. The van der Waals surface area contributed by atoms with Crippen molar-refractivity contribution in [2.24, 2.45) is 0 Å². The Kier molecular flexibility index (Phi) is 7.77. The Morgan fingerprint density at radius 1 is 1.35 bits per heavy atom. The fourth-order valence-electron chi connectivity index (χ4n) is 2.07. The van der Waals surface area contributed by atoms with Crippen LogP contribution in [0.5, 0.6) is 0 Å². The van der Waals surface area contributed by atoms with E-state index in [1.54, 1.807) is 7.11 Å². The lowest BCUT2D eigenvalue weighted by Crippen LogP contribution is -2.32. The summed E-state index contributed by atoms with van der Waals surface area (Å²) < 4.78 is 10.8. The first kappa shape index (κ1) is 14.9. The minimum Gasteiger partial charge on any atom is -0.380 e. The molecular formula is C13H28N2O2. The first-order valence-corrected chi connectivity index (χ1v) is 6.80. The monoisotopic (exact) mass is 244 g/mol. The van der Waals surface area contributed by atoms with Crippen LogP contribution in [0.15, 0.2) is 0 Å². The second-order valence-corrected chi connectivity index (χ2v) is 4.97. The Morgan fingerprint density at radius 2 is 2.18 bits per heavy atom. The molecule has 4 nitrogen and oxygen atoms in total. The van der Waals surface area contributed by atoms with E-state index in [-0.39, 0.29) is 0 Å². The summed E-state index contributed by atoms with van der Waals surface area (Å²) >= 11 is 0. The van der Waals surface area contributed by atoms with Gasteiger partial charge in [0.25, 0.3) is 0 Å². The molecule has 1 rings (SSSR count). The summed E-state index contributed by atoms with van der Waals surface area (Å²) in [5, 5.41) is 3.46. The maximum absolute atomic E-state index is 5.48. The van der Waals surface area contributed by atoms with Crippen molar-refractivity contribution < 1.29 is 9.47 Å². The topological polar surface area (TPSA) is 33.7 Å². The van der Waals surface area contributed by atoms with E-state index in [4.69, 9.17) is 9.47 Å². The van der Waals surface area contributed by atoms with E-state index in [2.05, 4.69) is 24.1 Å². The molecule has 0 saturated carbocycles.